The number of hydrogen-bond donors (Lipinski definition) is 0. The van der Waals surface area contributed by atoms with Crippen LogP contribution >= 0.6 is 47.0 Å². The Morgan fingerprint density at radius 2 is 1.21 bits per heavy atom. The van der Waals surface area contributed by atoms with Gasteiger partial charge in [0.1, 0.15) is 11.6 Å². The Kier molecular flexibility index (Phi) is 6.34. The summed E-state index contributed by atoms with van der Waals surface area (Å²) >= 11 is 4.69. The van der Waals surface area contributed by atoms with E-state index in [0.717, 1.165) is 23.5 Å². The molecule has 29 heavy (non-hydrogen) atoms. The number of ether oxygens (including phenoxy) is 2. The summed E-state index contributed by atoms with van der Waals surface area (Å²) in [5.41, 5.74) is 0.410. The lowest BCUT2D eigenvalue weighted by Gasteiger charge is -2.15. The lowest BCUT2D eigenvalue weighted by molar-refractivity contribution is -0.133. The van der Waals surface area contributed by atoms with Crippen LogP contribution in [0, 0.1) is 22.7 Å². The van der Waals surface area contributed by atoms with Gasteiger partial charge in [-0.05, 0) is 6.92 Å². The van der Waals surface area contributed by atoms with Crippen LogP contribution in [0.2, 0.25) is 0 Å². The Hall–Kier alpha value is -2.31. The molecule has 0 amide bonds. The van der Waals surface area contributed by atoms with E-state index in [0.29, 0.717) is 39.9 Å². The van der Waals surface area contributed by atoms with Crippen molar-refractivity contribution in [2.75, 3.05) is 0 Å². The van der Waals surface area contributed by atoms with E-state index in [2.05, 4.69) is 6.07 Å². The van der Waals surface area contributed by atoms with Gasteiger partial charge in [-0.2, -0.15) is 10.5 Å². The van der Waals surface area contributed by atoms with Crippen molar-refractivity contribution in [3.05, 3.63) is 19.6 Å². The largest absolute Gasteiger partial charge is 0.424 e. The lowest BCUT2D eigenvalue weighted by Crippen LogP contribution is -2.07. The van der Waals surface area contributed by atoms with Gasteiger partial charge in [-0.15, -0.1) is 0 Å². The maximum atomic E-state index is 11.8. The average molecular weight is 463 g/mol. The molecule has 1 aromatic carbocycles. The molecule has 146 valence electrons. The maximum absolute atomic E-state index is 11.8. The second kappa shape index (κ2) is 8.59. The van der Waals surface area contributed by atoms with E-state index in [-0.39, 0.29) is 17.1 Å². The number of thioether (sulfide) groups is 4. The Bertz CT molecular complexity index is 1070. The zero-order chi connectivity index (χ0) is 21.3. The number of fused-ring (bicyclic) bond motifs is 2. The molecule has 0 saturated heterocycles. The zero-order valence-electron chi connectivity index (χ0n) is 15.1. The third kappa shape index (κ3) is 4.05. The fraction of sp³-hybridized carbons (Fsp3) is 0.167. The van der Waals surface area contributed by atoms with Gasteiger partial charge < -0.3 is 9.47 Å². The van der Waals surface area contributed by atoms with Crippen LogP contribution in [0.1, 0.15) is 20.8 Å². The molecule has 0 unspecified atom stereocenters. The van der Waals surface area contributed by atoms with Crippen LogP contribution in [0.15, 0.2) is 39.2 Å². The van der Waals surface area contributed by atoms with Crippen LogP contribution in [0.5, 0.6) is 11.5 Å². The number of aldehydes is 1. The molecule has 0 aromatic heterocycles. The van der Waals surface area contributed by atoms with Crippen molar-refractivity contribution in [3.8, 4) is 23.6 Å². The summed E-state index contributed by atoms with van der Waals surface area (Å²) in [6, 6.07) is 3.92. The number of benzene rings is 1. The molecule has 0 spiro atoms. The number of nitriles is 2. The Labute approximate surface area is 182 Å². The van der Waals surface area contributed by atoms with Gasteiger partial charge in [0.25, 0.3) is 0 Å². The summed E-state index contributed by atoms with van der Waals surface area (Å²) in [4.78, 5) is 36.8. The van der Waals surface area contributed by atoms with Crippen molar-refractivity contribution in [2.24, 2.45) is 0 Å². The van der Waals surface area contributed by atoms with E-state index < -0.39 is 11.9 Å². The molecule has 0 N–H and O–H groups in total. The predicted molar refractivity (Wildman–Crippen MR) is 110 cm³/mol. The number of esters is 2. The topological polar surface area (TPSA) is 117 Å². The smallest absolute Gasteiger partial charge is 0.308 e. The fourth-order valence-electron chi connectivity index (χ4n) is 2.30. The SMILES string of the molecule is CC(=O)Oc1c2c(c(OC(C)=O)c3c1SC(=C(C#N)C=O)S3)SC(=C(C)C#N)S2. The van der Waals surface area contributed by atoms with Crippen LogP contribution < -0.4 is 9.47 Å². The first kappa shape index (κ1) is 21.4. The molecule has 0 radical (unpaired) electrons. The molecule has 1 aromatic rings. The third-order valence-corrected chi connectivity index (χ3v) is 8.87. The van der Waals surface area contributed by atoms with E-state index >= 15 is 0 Å². The lowest BCUT2D eigenvalue weighted by atomic mass is 10.3. The van der Waals surface area contributed by atoms with Crippen molar-refractivity contribution in [1.29, 1.82) is 10.5 Å². The molecule has 0 aliphatic carbocycles. The standard InChI is InChI=1S/C18H10N2O5S4/c1-7(4-19)17-26-13-11(24-8(2)22)15-16(12(14(13)27-17)25-9(3)23)29-18(28-15)10(5-20)6-21/h6H,1-3H3. The van der Waals surface area contributed by atoms with Gasteiger partial charge in [0.05, 0.1) is 34.1 Å². The summed E-state index contributed by atoms with van der Waals surface area (Å²) in [6.07, 6.45) is 0.451. The van der Waals surface area contributed by atoms with Gasteiger partial charge in [-0.25, -0.2) is 0 Å². The van der Waals surface area contributed by atoms with Crippen molar-refractivity contribution in [2.45, 2.75) is 40.4 Å². The monoisotopic (exact) mass is 462 g/mol. The highest BCUT2D eigenvalue weighted by Gasteiger charge is 2.38. The van der Waals surface area contributed by atoms with Gasteiger partial charge in [-0.1, -0.05) is 47.0 Å². The molecule has 3 rings (SSSR count). The molecule has 7 nitrogen and oxygen atoms in total. The van der Waals surface area contributed by atoms with Gasteiger partial charge in [0.2, 0.25) is 0 Å². The Morgan fingerprint density at radius 3 is 1.52 bits per heavy atom. The molecular weight excluding hydrogens is 452 g/mol. The van der Waals surface area contributed by atoms with Crippen molar-refractivity contribution >= 4 is 65.3 Å². The highest BCUT2D eigenvalue weighted by Crippen LogP contribution is 2.68. The van der Waals surface area contributed by atoms with Crippen molar-refractivity contribution in [3.63, 3.8) is 0 Å². The highest BCUT2D eigenvalue weighted by atomic mass is 32.2. The minimum absolute atomic E-state index is 0.0693. The molecule has 11 heteroatoms. The number of hydrogen-bond acceptors (Lipinski definition) is 11. The van der Waals surface area contributed by atoms with E-state index in [1.165, 1.54) is 37.4 Å². The first-order valence-corrected chi connectivity index (χ1v) is 11.1. The summed E-state index contributed by atoms with van der Waals surface area (Å²) in [6.45, 7) is 4.19. The summed E-state index contributed by atoms with van der Waals surface area (Å²) in [5, 5.41) is 18.4. The predicted octanol–water partition coefficient (Wildman–Crippen LogP) is 4.62. The van der Waals surface area contributed by atoms with E-state index in [9.17, 15) is 24.9 Å². The molecule has 0 atom stereocenters. The van der Waals surface area contributed by atoms with Crippen molar-refractivity contribution < 1.29 is 23.9 Å². The Morgan fingerprint density at radius 1 is 0.793 bits per heavy atom. The van der Waals surface area contributed by atoms with Gasteiger partial charge in [-0.3, -0.25) is 14.4 Å². The zero-order valence-corrected chi connectivity index (χ0v) is 18.4. The molecular formula is C18H10N2O5S4. The fourth-order valence-corrected chi connectivity index (χ4v) is 7.50. The number of carbonyl (C=O) groups excluding carboxylic acids is 3. The van der Waals surface area contributed by atoms with E-state index in [1.54, 1.807) is 6.92 Å². The van der Waals surface area contributed by atoms with E-state index in [4.69, 9.17) is 9.47 Å². The summed E-state index contributed by atoms with van der Waals surface area (Å²) < 4.78 is 12.0. The molecule has 0 fully saturated rings. The van der Waals surface area contributed by atoms with Gasteiger partial charge in [0.15, 0.2) is 17.8 Å². The van der Waals surface area contributed by atoms with Crippen LogP contribution in [0.4, 0.5) is 0 Å². The number of allylic oxidation sites excluding steroid dienone is 2. The number of carbonyl (C=O) groups is 3. The minimum atomic E-state index is -0.548. The highest BCUT2D eigenvalue weighted by molar-refractivity contribution is 8.26. The van der Waals surface area contributed by atoms with E-state index in [1.807, 2.05) is 6.07 Å². The Balaban J connectivity index is 2.31. The molecule has 0 bridgehead atoms. The van der Waals surface area contributed by atoms with Crippen LogP contribution in [0.25, 0.3) is 0 Å². The minimum Gasteiger partial charge on any atom is -0.424 e. The average Bonchev–Trinajstić information content (AvgIpc) is 3.29. The molecule has 0 saturated carbocycles. The second-order valence-electron chi connectivity index (χ2n) is 5.53. The third-order valence-electron chi connectivity index (χ3n) is 3.44. The second-order valence-corrected chi connectivity index (χ2v) is 10.1. The van der Waals surface area contributed by atoms with Crippen LogP contribution in [-0.2, 0) is 14.4 Å². The number of rotatable bonds is 3. The number of nitrogens with zero attached hydrogens (tertiary/aromatic N) is 2. The molecule has 2 aliphatic rings. The van der Waals surface area contributed by atoms with Gasteiger partial charge >= 0.3 is 11.9 Å². The first-order chi connectivity index (χ1) is 13.8. The normalized spacial score (nSPS) is 13.7. The van der Waals surface area contributed by atoms with Crippen LogP contribution in [-0.4, -0.2) is 18.2 Å². The van der Waals surface area contributed by atoms with Crippen molar-refractivity contribution in [1.82, 2.24) is 0 Å². The molecule has 2 aliphatic heterocycles. The summed E-state index contributed by atoms with van der Waals surface area (Å²) in [7, 11) is 0. The van der Waals surface area contributed by atoms with Gasteiger partial charge in [0, 0.05) is 19.4 Å². The molecule has 2 heterocycles. The first-order valence-electron chi connectivity index (χ1n) is 7.83. The van der Waals surface area contributed by atoms with Crippen LogP contribution in [0.3, 0.4) is 0 Å². The maximum Gasteiger partial charge on any atom is 0.308 e. The summed E-state index contributed by atoms with van der Waals surface area (Å²) in [5.74, 6) is -0.582. The quantitative estimate of drug-likeness (QED) is 0.206.